The molecule has 6 nitrogen and oxygen atoms in total. The Morgan fingerprint density at radius 3 is 2.12 bits per heavy atom. The fraction of sp³-hybridized carbons (Fsp3) is 0.818. The minimum atomic E-state index is -0.376. The van der Waals surface area contributed by atoms with E-state index in [4.69, 9.17) is 11.5 Å². The van der Waals surface area contributed by atoms with E-state index in [2.05, 4.69) is 5.32 Å². The molecule has 0 aromatic carbocycles. The Morgan fingerprint density at radius 1 is 1.24 bits per heavy atom. The second-order valence-corrected chi connectivity index (χ2v) is 4.89. The quantitative estimate of drug-likeness (QED) is 0.626. The molecule has 17 heavy (non-hydrogen) atoms. The fourth-order valence-electron chi connectivity index (χ4n) is 2.12. The maximum Gasteiger partial charge on any atom is 0.314 e. The van der Waals surface area contributed by atoms with Gasteiger partial charge in [-0.05, 0) is 18.8 Å². The van der Waals surface area contributed by atoms with Crippen LogP contribution in [0.1, 0.15) is 26.7 Å². The van der Waals surface area contributed by atoms with Crippen LogP contribution in [0.15, 0.2) is 0 Å². The van der Waals surface area contributed by atoms with E-state index in [9.17, 15) is 9.59 Å². The average Bonchev–Trinajstić information content (AvgIpc) is 2.25. The molecule has 0 bridgehead atoms. The summed E-state index contributed by atoms with van der Waals surface area (Å²) in [5.74, 6) is -0.154. The molecule has 0 saturated carbocycles. The summed E-state index contributed by atoms with van der Waals surface area (Å²) in [7, 11) is 0. The smallest absolute Gasteiger partial charge is 0.314 e. The van der Waals surface area contributed by atoms with Gasteiger partial charge in [0.05, 0.1) is 6.04 Å². The van der Waals surface area contributed by atoms with Crippen LogP contribution in [0.25, 0.3) is 0 Å². The van der Waals surface area contributed by atoms with Crippen molar-refractivity contribution >= 4 is 11.9 Å². The van der Waals surface area contributed by atoms with Crippen molar-refractivity contribution in [3.63, 3.8) is 0 Å². The average molecular weight is 242 g/mol. The lowest BCUT2D eigenvalue weighted by Crippen LogP contribution is -2.53. The molecule has 0 radical (unpaired) electrons. The molecular weight excluding hydrogens is 220 g/mol. The molecule has 0 aromatic rings. The summed E-state index contributed by atoms with van der Waals surface area (Å²) in [5.41, 5.74) is 10.5. The van der Waals surface area contributed by atoms with Gasteiger partial charge in [0.15, 0.2) is 0 Å². The molecule has 0 aliphatic carbocycles. The number of primary amides is 2. The van der Waals surface area contributed by atoms with Crippen molar-refractivity contribution in [3.05, 3.63) is 0 Å². The summed E-state index contributed by atoms with van der Waals surface area (Å²) in [6, 6.07) is -0.454. The number of amides is 3. The van der Waals surface area contributed by atoms with Gasteiger partial charge in [-0.3, -0.25) is 4.79 Å². The number of likely N-dealkylation sites (tertiary alicyclic amines) is 1. The zero-order valence-corrected chi connectivity index (χ0v) is 10.5. The van der Waals surface area contributed by atoms with Gasteiger partial charge in [0.1, 0.15) is 0 Å². The lowest BCUT2D eigenvalue weighted by molar-refractivity contribution is -0.121. The molecule has 0 aromatic heterocycles. The van der Waals surface area contributed by atoms with Crippen LogP contribution in [-0.4, -0.2) is 42.0 Å². The van der Waals surface area contributed by atoms with Gasteiger partial charge in [-0.1, -0.05) is 13.8 Å². The monoisotopic (exact) mass is 242 g/mol. The lowest BCUT2D eigenvalue weighted by atomic mass is 9.99. The fourth-order valence-corrected chi connectivity index (χ4v) is 2.12. The summed E-state index contributed by atoms with van der Waals surface area (Å²) in [6.07, 6.45) is 1.61. The van der Waals surface area contributed by atoms with Crippen LogP contribution in [0, 0.1) is 5.92 Å². The minimum absolute atomic E-state index is 0.168. The van der Waals surface area contributed by atoms with E-state index < -0.39 is 0 Å². The number of nitrogens with zero attached hydrogens (tertiary/aromatic N) is 1. The van der Waals surface area contributed by atoms with Gasteiger partial charge in [-0.25, -0.2) is 4.79 Å². The Hall–Kier alpha value is -1.30. The first-order valence-corrected chi connectivity index (χ1v) is 6.01. The number of hydrogen-bond donors (Lipinski definition) is 3. The molecule has 1 aliphatic rings. The van der Waals surface area contributed by atoms with Crippen LogP contribution >= 0.6 is 0 Å². The Kier molecular flexibility index (Phi) is 4.74. The Bertz CT molecular complexity index is 285. The van der Waals surface area contributed by atoms with Crippen LogP contribution < -0.4 is 16.8 Å². The van der Waals surface area contributed by atoms with E-state index in [0.29, 0.717) is 13.1 Å². The normalized spacial score (nSPS) is 19.4. The van der Waals surface area contributed by atoms with Gasteiger partial charge >= 0.3 is 6.03 Å². The van der Waals surface area contributed by atoms with Crippen LogP contribution in [0.5, 0.6) is 0 Å². The molecule has 1 rings (SSSR count). The number of carbonyl (C=O) groups excluding carboxylic acids is 2. The van der Waals surface area contributed by atoms with Crippen LogP contribution in [-0.2, 0) is 4.79 Å². The predicted molar refractivity (Wildman–Crippen MR) is 65.1 cm³/mol. The van der Waals surface area contributed by atoms with E-state index in [0.717, 1.165) is 12.8 Å². The van der Waals surface area contributed by atoms with Gasteiger partial charge in [0.25, 0.3) is 0 Å². The number of nitrogens with two attached hydrogens (primary N) is 2. The molecule has 1 aliphatic heterocycles. The van der Waals surface area contributed by atoms with Crippen LogP contribution in [0.2, 0.25) is 0 Å². The first-order valence-electron chi connectivity index (χ1n) is 6.01. The third-order valence-electron chi connectivity index (χ3n) is 3.20. The summed E-state index contributed by atoms with van der Waals surface area (Å²) in [4.78, 5) is 23.8. The van der Waals surface area contributed by atoms with E-state index in [1.54, 1.807) is 4.90 Å². The number of rotatable bonds is 4. The number of carbonyl (C=O) groups is 2. The topological polar surface area (TPSA) is 101 Å². The molecule has 5 N–H and O–H groups in total. The summed E-state index contributed by atoms with van der Waals surface area (Å²) >= 11 is 0. The van der Waals surface area contributed by atoms with Crippen molar-refractivity contribution < 1.29 is 9.59 Å². The summed E-state index contributed by atoms with van der Waals surface area (Å²) < 4.78 is 0. The molecule has 0 spiro atoms. The van der Waals surface area contributed by atoms with Gasteiger partial charge in [-0.15, -0.1) is 0 Å². The van der Waals surface area contributed by atoms with Gasteiger partial charge in [0, 0.05) is 19.1 Å². The number of hydrogen-bond acceptors (Lipinski definition) is 3. The first-order chi connectivity index (χ1) is 7.91. The minimum Gasteiger partial charge on any atom is -0.368 e. The molecule has 1 unspecified atom stereocenters. The predicted octanol–water partition coefficient (Wildman–Crippen LogP) is -0.371. The highest BCUT2D eigenvalue weighted by Gasteiger charge is 2.26. The molecule has 98 valence electrons. The van der Waals surface area contributed by atoms with E-state index in [-0.39, 0.29) is 29.9 Å². The highest BCUT2D eigenvalue weighted by molar-refractivity contribution is 5.80. The maximum atomic E-state index is 11.3. The number of urea groups is 1. The Labute approximate surface area is 102 Å². The third-order valence-corrected chi connectivity index (χ3v) is 3.20. The lowest BCUT2D eigenvalue weighted by Gasteiger charge is -2.33. The number of piperidine rings is 1. The molecule has 3 amide bonds. The van der Waals surface area contributed by atoms with Crippen LogP contribution in [0.4, 0.5) is 4.79 Å². The molecule has 1 atom stereocenters. The van der Waals surface area contributed by atoms with Crippen molar-refractivity contribution in [3.8, 4) is 0 Å². The van der Waals surface area contributed by atoms with Gasteiger partial charge in [0.2, 0.25) is 5.91 Å². The Balaban J connectivity index is 2.44. The maximum absolute atomic E-state index is 11.3. The van der Waals surface area contributed by atoms with Crippen molar-refractivity contribution in [2.45, 2.75) is 38.8 Å². The second-order valence-electron chi connectivity index (χ2n) is 4.89. The molecule has 1 saturated heterocycles. The van der Waals surface area contributed by atoms with Crippen molar-refractivity contribution in [1.82, 2.24) is 10.2 Å². The van der Waals surface area contributed by atoms with Crippen molar-refractivity contribution in [1.29, 1.82) is 0 Å². The Morgan fingerprint density at radius 2 is 1.76 bits per heavy atom. The standard InChI is InChI=1S/C11H22N4O2/c1-7(2)9(10(12)16)14-8-3-5-15(6-4-8)11(13)17/h7-9,14H,3-6H2,1-2H3,(H2,12,16)(H2,13,17). The van der Waals surface area contributed by atoms with E-state index in [1.165, 1.54) is 0 Å². The van der Waals surface area contributed by atoms with E-state index in [1.807, 2.05) is 13.8 Å². The van der Waals surface area contributed by atoms with Gasteiger partial charge < -0.3 is 21.7 Å². The zero-order chi connectivity index (χ0) is 13.0. The largest absolute Gasteiger partial charge is 0.368 e. The second kappa shape index (κ2) is 5.86. The van der Waals surface area contributed by atoms with E-state index >= 15 is 0 Å². The van der Waals surface area contributed by atoms with Gasteiger partial charge in [-0.2, -0.15) is 0 Å². The highest BCUT2D eigenvalue weighted by atomic mass is 16.2. The molecule has 1 fully saturated rings. The molecule has 1 heterocycles. The SMILES string of the molecule is CC(C)C(NC1CCN(C(N)=O)CC1)C(N)=O. The van der Waals surface area contributed by atoms with Crippen molar-refractivity contribution in [2.75, 3.05) is 13.1 Å². The van der Waals surface area contributed by atoms with Crippen molar-refractivity contribution in [2.24, 2.45) is 17.4 Å². The summed E-state index contributed by atoms with van der Waals surface area (Å²) in [6.45, 7) is 5.19. The first kappa shape index (κ1) is 13.8. The van der Waals surface area contributed by atoms with Crippen LogP contribution in [0.3, 0.4) is 0 Å². The molecular formula is C11H22N4O2. The zero-order valence-electron chi connectivity index (χ0n) is 10.5. The highest BCUT2D eigenvalue weighted by Crippen LogP contribution is 2.12. The summed E-state index contributed by atoms with van der Waals surface area (Å²) in [5, 5.41) is 3.26. The molecule has 6 heteroatoms. The number of nitrogens with one attached hydrogen (secondary N) is 1. The third kappa shape index (κ3) is 3.89.